The second kappa shape index (κ2) is 4.23. The number of aldehydes is 1. The van der Waals surface area contributed by atoms with Crippen molar-refractivity contribution in [1.29, 1.82) is 0 Å². The Kier molecular flexibility index (Phi) is 2.77. The van der Waals surface area contributed by atoms with E-state index in [1.165, 1.54) is 6.07 Å². The summed E-state index contributed by atoms with van der Waals surface area (Å²) in [6, 6.07) is 8.38. The molecule has 0 fully saturated rings. The molecule has 0 N–H and O–H groups in total. The van der Waals surface area contributed by atoms with Crippen molar-refractivity contribution < 1.29 is 9.18 Å². The van der Waals surface area contributed by atoms with Crippen molar-refractivity contribution in [2.75, 3.05) is 0 Å². The number of hydrogen-bond donors (Lipinski definition) is 0. The highest BCUT2D eigenvalue weighted by Crippen LogP contribution is 2.20. The standard InChI is InChI=1S/C13H10FNO/c1-9-2-3-10(6-13(9)14)11-4-5-12(8-16)15-7-11/h2-8H,1H3. The Balaban J connectivity index is 2.42. The van der Waals surface area contributed by atoms with Crippen molar-refractivity contribution in [1.82, 2.24) is 4.98 Å². The minimum atomic E-state index is -0.239. The zero-order chi connectivity index (χ0) is 11.5. The molecule has 3 heteroatoms. The molecule has 0 unspecified atom stereocenters. The molecule has 0 bridgehead atoms. The van der Waals surface area contributed by atoms with Crippen molar-refractivity contribution in [3.63, 3.8) is 0 Å². The first kappa shape index (κ1) is 10.5. The first-order valence-electron chi connectivity index (χ1n) is 4.88. The Bertz CT molecular complexity index is 520. The lowest BCUT2D eigenvalue weighted by Crippen LogP contribution is -1.88. The van der Waals surface area contributed by atoms with Crippen molar-refractivity contribution in [2.45, 2.75) is 6.92 Å². The van der Waals surface area contributed by atoms with Crippen molar-refractivity contribution >= 4 is 6.29 Å². The minimum absolute atomic E-state index is 0.239. The average Bonchev–Trinajstić information content (AvgIpc) is 2.33. The van der Waals surface area contributed by atoms with Gasteiger partial charge in [-0.3, -0.25) is 9.78 Å². The van der Waals surface area contributed by atoms with E-state index in [2.05, 4.69) is 4.98 Å². The summed E-state index contributed by atoms with van der Waals surface area (Å²) >= 11 is 0. The molecule has 2 nitrogen and oxygen atoms in total. The van der Waals surface area contributed by atoms with Crippen LogP contribution in [0.4, 0.5) is 4.39 Å². The lowest BCUT2D eigenvalue weighted by atomic mass is 10.1. The summed E-state index contributed by atoms with van der Waals surface area (Å²) in [5.41, 5.74) is 2.54. The fraction of sp³-hybridized carbons (Fsp3) is 0.0769. The van der Waals surface area contributed by atoms with Gasteiger partial charge in [0, 0.05) is 11.8 Å². The maximum atomic E-state index is 13.3. The Morgan fingerprint density at radius 2 is 1.94 bits per heavy atom. The van der Waals surface area contributed by atoms with Gasteiger partial charge in [-0.15, -0.1) is 0 Å². The molecule has 0 amide bonds. The number of aryl methyl sites for hydroxylation is 1. The molecule has 2 aromatic rings. The fourth-order valence-corrected chi connectivity index (χ4v) is 1.42. The van der Waals surface area contributed by atoms with Crippen LogP contribution in [0.5, 0.6) is 0 Å². The fourth-order valence-electron chi connectivity index (χ4n) is 1.42. The third-order valence-corrected chi connectivity index (χ3v) is 2.41. The summed E-state index contributed by atoms with van der Waals surface area (Å²) in [7, 11) is 0. The van der Waals surface area contributed by atoms with Crippen molar-refractivity contribution in [2.24, 2.45) is 0 Å². The molecule has 1 aromatic carbocycles. The van der Waals surface area contributed by atoms with Gasteiger partial charge in [-0.25, -0.2) is 4.39 Å². The number of aromatic nitrogens is 1. The molecule has 2 rings (SSSR count). The molecule has 0 spiro atoms. The second-order valence-electron chi connectivity index (χ2n) is 3.55. The molecule has 0 radical (unpaired) electrons. The molecule has 0 aliphatic rings. The van der Waals surface area contributed by atoms with E-state index in [4.69, 9.17) is 0 Å². The van der Waals surface area contributed by atoms with Crippen LogP contribution in [0.3, 0.4) is 0 Å². The summed E-state index contributed by atoms with van der Waals surface area (Å²) in [6.07, 6.45) is 2.24. The molecule has 1 heterocycles. The van der Waals surface area contributed by atoms with Gasteiger partial charge in [0.05, 0.1) is 0 Å². The van der Waals surface area contributed by atoms with Gasteiger partial charge in [-0.05, 0) is 30.2 Å². The van der Waals surface area contributed by atoms with Crippen LogP contribution in [0.15, 0.2) is 36.5 Å². The molecule has 80 valence electrons. The first-order valence-corrected chi connectivity index (χ1v) is 4.88. The molecular formula is C13H10FNO. The van der Waals surface area contributed by atoms with Crippen LogP contribution in [0, 0.1) is 12.7 Å². The highest BCUT2D eigenvalue weighted by atomic mass is 19.1. The Morgan fingerprint density at radius 3 is 2.50 bits per heavy atom. The van der Waals surface area contributed by atoms with Gasteiger partial charge >= 0.3 is 0 Å². The number of nitrogens with zero attached hydrogens (tertiary/aromatic N) is 1. The number of benzene rings is 1. The summed E-state index contributed by atoms with van der Waals surface area (Å²) in [5.74, 6) is -0.239. The smallest absolute Gasteiger partial charge is 0.168 e. The Labute approximate surface area is 92.8 Å². The molecule has 1 aromatic heterocycles. The van der Waals surface area contributed by atoms with Gasteiger partial charge in [0.15, 0.2) is 6.29 Å². The van der Waals surface area contributed by atoms with E-state index >= 15 is 0 Å². The maximum Gasteiger partial charge on any atom is 0.168 e. The molecule has 0 atom stereocenters. The van der Waals surface area contributed by atoms with Crippen molar-refractivity contribution in [3.05, 3.63) is 53.6 Å². The average molecular weight is 215 g/mol. The molecular weight excluding hydrogens is 205 g/mol. The minimum Gasteiger partial charge on any atom is -0.296 e. The highest BCUT2D eigenvalue weighted by Gasteiger charge is 2.02. The van der Waals surface area contributed by atoms with Gasteiger partial charge in [-0.2, -0.15) is 0 Å². The van der Waals surface area contributed by atoms with Crippen LogP contribution in [-0.4, -0.2) is 11.3 Å². The van der Waals surface area contributed by atoms with Crippen LogP contribution in [0.2, 0.25) is 0 Å². The lowest BCUT2D eigenvalue weighted by molar-refractivity contribution is 0.111. The monoisotopic (exact) mass is 215 g/mol. The Morgan fingerprint density at radius 1 is 1.19 bits per heavy atom. The zero-order valence-corrected chi connectivity index (χ0v) is 8.77. The number of hydrogen-bond acceptors (Lipinski definition) is 2. The Hall–Kier alpha value is -2.03. The summed E-state index contributed by atoms with van der Waals surface area (Å²) in [5, 5.41) is 0. The zero-order valence-electron chi connectivity index (χ0n) is 8.77. The van der Waals surface area contributed by atoms with Crippen LogP contribution in [0.1, 0.15) is 16.1 Å². The van der Waals surface area contributed by atoms with Crippen LogP contribution >= 0.6 is 0 Å². The largest absolute Gasteiger partial charge is 0.296 e. The van der Waals surface area contributed by atoms with E-state index in [1.54, 1.807) is 31.3 Å². The number of carbonyl (C=O) groups excluding carboxylic acids is 1. The maximum absolute atomic E-state index is 13.3. The summed E-state index contributed by atoms with van der Waals surface area (Å²) < 4.78 is 13.3. The molecule has 0 saturated heterocycles. The van der Waals surface area contributed by atoms with Crippen LogP contribution in [0.25, 0.3) is 11.1 Å². The van der Waals surface area contributed by atoms with Gasteiger partial charge in [0.2, 0.25) is 0 Å². The van der Waals surface area contributed by atoms with Crippen LogP contribution in [-0.2, 0) is 0 Å². The molecule has 0 saturated carbocycles. The quantitative estimate of drug-likeness (QED) is 0.721. The third-order valence-electron chi connectivity index (χ3n) is 2.41. The van der Waals surface area contributed by atoms with E-state index in [1.807, 2.05) is 6.07 Å². The molecule has 16 heavy (non-hydrogen) atoms. The van der Waals surface area contributed by atoms with Gasteiger partial charge in [0.1, 0.15) is 11.5 Å². The van der Waals surface area contributed by atoms with E-state index in [0.717, 1.165) is 11.1 Å². The van der Waals surface area contributed by atoms with E-state index < -0.39 is 0 Å². The van der Waals surface area contributed by atoms with Gasteiger partial charge < -0.3 is 0 Å². The van der Waals surface area contributed by atoms with Crippen LogP contribution < -0.4 is 0 Å². The van der Waals surface area contributed by atoms with E-state index in [0.29, 0.717) is 17.5 Å². The van der Waals surface area contributed by atoms with E-state index in [-0.39, 0.29) is 5.82 Å². The predicted octanol–water partition coefficient (Wildman–Crippen LogP) is 3.01. The van der Waals surface area contributed by atoms with Gasteiger partial charge in [0.25, 0.3) is 0 Å². The SMILES string of the molecule is Cc1ccc(-c2ccc(C=O)nc2)cc1F. The predicted molar refractivity (Wildman–Crippen MR) is 59.8 cm³/mol. The topological polar surface area (TPSA) is 30.0 Å². The summed E-state index contributed by atoms with van der Waals surface area (Å²) in [4.78, 5) is 14.4. The highest BCUT2D eigenvalue weighted by molar-refractivity contribution is 5.73. The molecule has 0 aliphatic carbocycles. The number of halogens is 1. The van der Waals surface area contributed by atoms with Gasteiger partial charge in [-0.1, -0.05) is 18.2 Å². The van der Waals surface area contributed by atoms with Crippen molar-refractivity contribution in [3.8, 4) is 11.1 Å². The molecule has 0 aliphatic heterocycles. The third kappa shape index (κ3) is 1.98. The number of carbonyl (C=O) groups is 1. The number of pyridine rings is 1. The number of rotatable bonds is 2. The lowest BCUT2D eigenvalue weighted by Gasteiger charge is -2.03. The summed E-state index contributed by atoms with van der Waals surface area (Å²) in [6.45, 7) is 1.72. The first-order chi connectivity index (χ1) is 7.70. The normalized spacial score (nSPS) is 10.1. The second-order valence-corrected chi connectivity index (χ2v) is 3.55. The van der Waals surface area contributed by atoms with E-state index in [9.17, 15) is 9.18 Å².